The minimum absolute atomic E-state index is 0.0635. The molecular formula is C19H21N5O. The van der Waals surface area contributed by atoms with Crippen LogP contribution in [0.4, 0.5) is 5.69 Å². The van der Waals surface area contributed by atoms with Crippen molar-refractivity contribution in [3.8, 4) is 0 Å². The number of pyridine rings is 1. The number of carbonyl (C=O) groups excluding carboxylic acids is 1. The number of hydrogen-bond acceptors (Lipinski definition) is 4. The Bertz CT molecular complexity index is 898. The molecule has 0 radical (unpaired) electrons. The zero-order valence-electron chi connectivity index (χ0n) is 14.2. The quantitative estimate of drug-likeness (QED) is 0.798. The SMILES string of the molecule is Cn1cncc1C(=O)NC1CCCN(c2ccnc3ccccc23)C1. The van der Waals surface area contributed by atoms with Gasteiger partial charge in [-0.25, -0.2) is 4.98 Å². The molecule has 1 aliphatic heterocycles. The summed E-state index contributed by atoms with van der Waals surface area (Å²) in [6.45, 7) is 1.80. The molecule has 3 aromatic rings. The molecule has 0 spiro atoms. The third-order valence-electron chi connectivity index (χ3n) is 4.77. The van der Waals surface area contributed by atoms with E-state index in [1.54, 1.807) is 17.1 Å². The molecule has 1 fully saturated rings. The van der Waals surface area contributed by atoms with Gasteiger partial charge in [0.15, 0.2) is 0 Å². The van der Waals surface area contributed by atoms with E-state index in [4.69, 9.17) is 0 Å². The number of rotatable bonds is 3. The number of nitrogens with zero attached hydrogens (tertiary/aromatic N) is 4. The monoisotopic (exact) mass is 335 g/mol. The van der Waals surface area contributed by atoms with E-state index < -0.39 is 0 Å². The second-order valence-corrected chi connectivity index (χ2v) is 6.50. The Labute approximate surface area is 146 Å². The van der Waals surface area contributed by atoms with E-state index in [0.29, 0.717) is 5.69 Å². The van der Waals surface area contributed by atoms with Crippen LogP contribution in [-0.4, -0.2) is 39.6 Å². The van der Waals surface area contributed by atoms with Crippen LogP contribution in [0, 0.1) is 0 Å². The summed E-state index contributed by atoms with van der Waals surface area (Å²) in [6, 6.07) is 10.4. The number of anilines is 1. The summed E-state index contributed by atoms with van der Waals surface area (Å²) in [6.07, 6.45) is 7.14. The number of aromatic nitrogens is 3. The minimum atomic E-state index is -0.0635. The number of para-hydroxylation sites is 1. The largest absolute Gasteiger partial charge is 0.369 e. The lowest BCUT2D eigenvalue weighted by atomic mass is 10.0. The second kappa shape index (κ2) is 6.55. The highest BCUT2D eigenvalue weighted by atomic mass is 16.2. The maximum atomic E-state index is 12.4. The topological polar surface area (TPSA) is 63.1 Å². The van der Waals surface area contributed by atoms with Gasteiger partial charge in [-0.2, -0.15) is 0 Å². The van der Waals surface area contributed by atoms with Crippen LogP contribution in [0.3, 0.4) is 0 Å². The van der Waals surface area contributed by atoms with Gasteiger partial charge in [0.05, 0.1) is 18.0 Å². The molecule has 1 saturated heterocycles. The third kappa shape index (κ3) is 3.07. The van der Waals surface area contributed by atoms with E-state index in [0.717, 1.165) is 36.8 Å². The molecule has 25 heavy (non-hydrogen) atoms. The predicted octanol–water partition coefficient (Wildman–Crippen LogP) is 2.37. The van der Waals surface area contributed by atoms with E-state index >= 15 is 0 Å². The Morgan fingerprint density at radius 2 is 2.16 bits per heavy atom. The number of carbonyl (C=O) groups is 1. The molecule has 1 aliphatic rings. The summed E-state index contributed by atoms with van der Waals surface area (Å²) in [5.74, 6) is -0.0635. The number of fused-ring (bicyclic) bond motifs is 1. The van der Waals surface area contributed by atoms with Gasteiger partial charge in [-0.1, -0.05) is 18.2 Å². The molecule has 1 N–H and O–H groups in total. The van der Waals surface area contributed by atoms with E-state index in [-0.39, 0.29) is 11.9 Å². The number of hydrogen-bond donors (Lipinski definition) is 1. The van der Waals surface area contributed by atoms with Crippen molar-refractivity contribution in [2.75, 3.05) is 18.0 Å². The van der Waals surface area contributed by atoms with Crippen LogP contribution in [0.25, 0.3) is 10.9 Å². The molecule has 1 aromatic carbocycles. The van der Waals surface area contributed by atoms with Gasteiger partial charge in [-0.05, 0) is 25.0 Å². The summed E-state index contributed by atoms with van der Waals surface area (Å²) in [5.41, 5.74) is 2.78. The molecule has 4 rings (SSSR count). The Hall–Kier alpha value is -2.89. The lowest BCUT2D eigenvalue weighted by molar-refractivity contribution is 0.0925. The van der Waals surface area contributed by atoms with Crippen molar-refractivity contribution in [1.82, 2.24) is 19.9 Å². The van der Waals surface area contributed by atoms with E-state index in [2.05, 4.69) is 32.3 Å². The molecule has 3 heterocycles. The first-order chi connectivity index (χ1) is 12.2. The average Bonchev–Trinajstić information content (AvgIpc) is 3.07. The van der Waals surface area contributed by atoms with Gasteiger partial charge in [0, 0.05) is 43.4 Å². The first-order valence-electron chi connectivity index (χ1n) is 8.58. The Morgan fingerprint density at radius 1 is 1.28 bits per heavy atom. The number of benzene rings is 1. The number of piperidine rings is 1. The molecule has 128 valence electrons. The smallest absolute Gasteiger partial charge is 0.269 e. The molecule has 2 aromatic heterocycles. The van der Waals surface area contributed by atoms with Gasteiger partial charge >= 0.3 is 0 Å². The summed E-state index contributed by atoms with van der Waals surface area (Å²) in [7, 11) is 1.83. The van der Waals surface area contributed by atoms with E-state index in [9.17, 15) is 4.79 Å². The zero-order valence-corrected chi connectivity index (χ0v) is 14.2. The highest BCUT2D eigenvalue weighted by molar-refractivity contribution is 5.93. The van der Waals surface area contributed by atoms with Crippen LogP contribution in [-0.2, 0) is 7.05 Å². The van der Waals surface area contributed by atoms with Crippen molar-refractivity contribution >= 4 is 22.5 Å². The molecule has 0 bridgehead atoms. The minimum Gasteiger partial charge on any atom is -0.369 e. The van der Waals surface area contributed by atoms with Crippen LogP contribution in [0.15, 0.2) is 49.1 Å². The fourth-order valence-corrected chi connectivity index (χ4v) is 3.51. The summed E-state index contributed by atoms with van der Waals surface area (Å²) >= 11 is 0. The zero-order chi connectivity index (χ0) is 17.2. The van der Waals surface area contributed by atoms with Crippen molar-refractivity contribution in [2.45, 2.75) is 18.9 Å². The van der Waals surface area contributed by atoms with Crippen LogP contribution in [0.5, 0.6) is 0 Å². The van der Waals surface area contributed by atoms with Gasteiger partial charge < -0.3 is 14.8 Å². The molecule has 1 atom stereocenters. The third-order valence-corrected chi connectivity index (χ3v) is 4.77. The lowest BCUT2D eigenvalue weighted by Gasteiger charge is -2.35. The molecule has 6 nitrogen and oxygen atoms in total. The number of nitrogens with one attached hydrogen (secondary N) is 1. The maximum Gasteiger partial charge on any atom is 0.269 e. The molecule has 1 amide bonds. The summed E-state index contributed by atoms with van der Waals surface area (Å²) in [4.78, 5) is 23.3. The van der Waals surface area contributed by atoms with Crippen molar-refractivity contribution in [3.63, 3.8) is 0 Å². The Morgan fingerprint density at radius 3 is 3.00 bits per heavy atom. The number of aryl methyl sites for hydroxylation is 1. The molecule has 1 unspecified atom stereocenters. The standard InChI is InChI=1S/C19H21N5O/c1-23-13-20-11-18(23)19(25)22-14-5-4-10-24(12-14)17-8-9-21-16-7-3-2-6-15(16)17/h2-3,6-9,11,13-14H,4-5,10,12H2,1H3,(H,22,25). The average molecular weight is 335 g/mol. The fraction of sp³-hybridized carbons (Fsp3) is 0.316. The van der Waals surface area contributed by atoms with Crippen molar-refractivity contribution in [1.29, 1.82) is 0 Å². The highest BCUT2D eigenvalue weighted by Gasteiger charge is 2.24. The normalized spacial score (nSPS) is 17.6. The van der Waals surface area contributed by atoms with Gasteiger partial charge in [-0.15, -0.1) is 0 Å². The predicted molar refractivity (Wildman–Crippen MR) is 97.7 cm³/mol. The Kier molecular flexibility index (Phi) is 4.09. The molecule has 6 heteroatoms. The van der Waals surface area contributed by atoms with E-state index in [1.807, 2.05) is 31.4 Å². The van der Waals surface area contributed by atoms with Crippen molar-refractivity contribution in [3.05, 3.63) is 54.7 Å². The Balaban J connectivity index is 1.53. The van der Waals surface area contributed by atoms with Crippen LogP contribution >= 0.6 is 0 Å². The van der Waals surface area contributed by atoms with Crippen molar-refractivity contribution < 1.29 is 4.79 Å². The number of imidazole rings is 1. The lowest BCUT2D eigenvalue weighted by Crippen LogP contribution is -2.48. The first kappa shape index (κ1) is 15.6. The number of amides is 1. The van der Waals surface area contributed by atoms with Crippen LogP contribution < -0.4 is 10.2 Å². The molecule has 0 saturated carbocycles. The van der Waals surface area contributed by atoms with E-state index in [1.165, 1.54) is 5.69 Å². The van der Waals surface area contributed by atoms with Crippen molar-refractivity contribution in [2.24, 2.45) is 7.05 Å². The maximum absolute atomic E-state index is 12.4. The molecular weight excluding hydrogens is 314 g/mol. The van der Waals surface area contributed by atoms with Gasteiger partial charge in [0.1, 0.15) is 5.69 Å². The van der Waals surface area contributed by atoms with Gasteiger partial charge in [0.2, 0.25) is 0 Å². The fourth-order valence-electron chi connectivity index (χ4n) is 3.51. The first-order valence-corrected chi connectivity index (χ1v) is 8.58. The van der Waals surface area contributed by atoms with Crippen LogP contribution in [0.2, 0.25) is 0 Å². The van der Waals surface area contributed by atoms with Gasteiger partial charge in [-0.3, -0.25) is 9.78 Å². The van der Waals surface area contributed by atoms with Gasteiger partial charge in [0.25, 0.3) is 5.91 Å². The second-order valence-electron chi connectivity index (χ2n) is 6.50. The highest BCUT2D eigenvalue weighted by Crippen LogP contribution is 2.27. The van der Waals surface area contributed by atoms with Crippen LogP contribution in [0.1, 0.15) is 23.3 Å². The summed E-state index contributed by atoms with van der Waals surface area (Å²) in [5, 5.41) is 4.31. The summed E-state index contributed by atoms with van der Waals surface area (Å²) < 4.78 is 1.74. The molecule has 0 aliphatic carbocycles.